The van der Waals surface area contributed by atoms with Gasteiger partial charge < -0.3 is 10.1 Å². The summed E-state index contributed by atoms with van der Waals surface area (Å²) < 4.78 is 61.2. The number of sulfonamides is 1. The molecule has 0 saturated heterocycles. The van der Waals surface area contributed by atoms with E-state index >= 15 is 0 Å². The number of ether oxygens (including phenoxy) is 1. The number of halogens is 2. The number of hydrogen-bond donors (Lipinski definition) is 1. The quantitative estimate of drug-likeness (QED) is 0.586. The lowest BCUT2D eigenvalue weighted by Crippen LogP contribution is -2.50. The maximum atomic E-state index is 14.1. The van der Waals surface area contributed by atoms with E-state index in [1.54, 1.807) is 30.3 Å². The van der Waals surface area contributed by atoms with Crippen LogP contribution in [-0.2, 0) is 27.8 Å². The van der Waals surface area contributed by atoms with E-state index in [-0.39, 0.29) is 23.5 Å². The predicted molar refractivity (Wildman–Crippen MR) is 119 cm³/mol. The van der Waals surface area contributed by atoms with Crippen LogP contribution in [0.4, 0.5) is 14.5 Å². The number of rotatable bonds is 6. The van der Waals surface area contributed by atoms with Gasteiger partial charge in [0, 0.05) is 12.6 Å². The second kappa shape index (κ2) is 9.29. The van der Waals surface area contributed by atoms with Gasteiger partial charge in [-0.2, -0.15) is 4.31 Å². The van der Waals surface area contributed by atoms with E-state index in [2.05, 4.69) is 5.32 Å². The van der Waals surface area contributed by atoms with Gasteiger partial charge in [0.1, 0.15) is 23.4 Å². The number of anilines is 1. The van der Waals surface area contributed by atoms with Crippen molar-refractivity contribution in [2.45, 2.75) is 30.8 Å². The highest BCUT2D eigenvalue weighted by Crippen LogP contribution is 2.31. The highest BCUT2D eigenvalue weighted by molar-refractivity contribution is 7.89. The number of amides is 1. The fourth-order valence-corrected chi connectivity index (χ4v) is 5.36. The number of carbonyl (C=O) groups excluding carboxylic acids is 1. The smallest absolute Gasteiger partial charge is 0.244 e. The van der Waals surface area contributed by atoms with Gasteiger partial charge in [-0.05, 0) is 60.9 Å². The number of benzene rings is 3. The molecule has 1 aliphatic heterocycles. The Morgan fingerprint density at radius 1 is 1.06 bits per heavy atom. The molecule has 9 heteroatoms. The molecular weight excluding hydrogens is 450 g/mol. The molecule has 172 valence electrons. The average molecular weight is 473 g/mol. The molecule has 0 aliphatic carbocycles. The van der Waals surface area contributed by atoms with Gasteiger partial charge in [0.15, 0.2) is 0 Å². The van der Waals surface area contributed by atoms with Crippen LogP contribution in [0.1, 0.15) is 18.1 Å². The number of carbonyl (C=O) groups is 1. The molecule has 1 amide bonds. The van der Waals surface area contributed by atoms with Crippen LogP contribution in [-0.4, -0.2) is 31.3 Å². The largest absolute Gasteiger partial charge is 0.494 e. The van der Waals surface area contributed by atoms with Crippen LogP contribution in [0.25, 0.3) is 0 Å². The first-order valence-corrected chi connectivity index (χ1v) is 11.8. The van der Waals surface area contributed by atoms with Crippen molar-refractivity contribution in [2.24, 2.45) is 0 Å². The normalized spacial score (nSPS) is 16.2. The summed E-state index contributed by atoms with van der Waals surface area (Å²) in [5, 5.41) is 2.35. The third kappa shape index (κ3) is 4.74. The minimum Gasteiger partial charge on any atom is -0.494 e. The first kappa shape index (κ1) is 22.9. The molecule has 1 atom stereocenters. The first-order chi connectivity index (χ1) is 15.8. The minimum absolute atomic E-state index is 0.0000651. The maximum Gasteiger partial charge on any atom is 0.244 e. The third-order valence-electron chi connectivity index (χ3n) is 5.44. The van der Waals surface area contributed by atoms with Gasteiger partial charge in [0.2, 0.25) is 15.9 Å². The monoisotopic (exact) mass is 472 g/mol. The highest BCUT2D eigenvalue weighted by atomic mass is 32.2. The summed E-state index contributed by atoms with van der Waals surface area (Å²) >= 11 is 0. The fraction of sp³-hybridized carbons (Fsp3) is 0.208. The van der Waals surface area contributed by atoms with Crippen molar-refractivity contribution in [1.82, 2.24) is 4.31 Å². The van der Waals surface area contributed by atoms with E-state index in [1.807, 2.05) is 13.0 Å². The fourth-order valence-electron chi connectivity index (χ4n) is 3.79. The van der Waals surface area contributed by atoms with Crippen LogP contribution in [0.2, 0.25) is 0 Å². The molecule has 0 bridgehead atoms. The molecule has 0 fully saturated rings. The second-order valence-corrected chi connectivity index (χ2v) is 9.45. The standard InChI is InChI=1S/C24H22F2N2O4S/c1-2-32-19-8-10-20(11-9-19)33(30,31)28-15-17-6-4-3-5-16(17)13-23(28)24(29)27-22-14-18(25)7-12-21(22)26/h3-12,14,23H,2,13,15H2,1H3,(H,27,29)/t23-/m0/s1. The summed E-state index contributed by atoms with van der Waals surface area (Å²) in [5.74, 6) is -1.76. The first-order valence-electron chi connectivity index (χ1n) is 10.4. The molecule has 0 aromatic heterocycles. The van der Waals surface area contributed by atoms with Crippen LogP contribution in [0.15, 0.2) is 71.6 Å². The third-order valence-corrected chi connectivity index (χ3v) is 7.30. The van der Waals surface area contributed by atoms with E-state index in [9.17, 15) is 22.0 Å². The van der Waals surface area contributed by atoms with Gasteiger partial charge in [-0.3, -0.25) is 4.79 Å². The van der Waals surface area contributed by atoms with Gasteiger partial charge in [0.25, 0.3) is 0 Å². The van der Waals surface area contributed by atoms with Gasteiger partial charge in [0.05, 0.1) is 17.2 Å². The molecule has 0 saturated carbocycles. The van der Waals surface area contributed by atoms with Crippen molar-refractivity contribution in [1.29, 1.82) is 0 Å². The lowest BCUT2D eigenvalue weighted by molar-refractivity contribution is -0.120. The van der Waals surface area contributed by atoms with Gasteiger partial charge in [-0.15, -0.1) is 0 Å². The Morgan fingerprint density at radius 3 is 2.45 bits per heavy atom. The zero-order chi connectivity index (χ0) is 23.6. The van der Waals surface area contributed by atoms with E-state index in [0.717, 1.165) is 33.6 Å². The maximum absolute atomic E-state index is 14.1. The summed E-state index contributed by atoms with van der Waals surface area (Å²) in [6, 6.07) is 14.7. The van der Waals surface area contributed by atoms with Crippen molar-refractivity contribution in [3.63, 3.8) is 0 Å². The molecule has 1 aliphatic rings. The zero-order valence-electron chi connectivity index (χ0n) is 17.8. The Labute approximate surface area is 190 Å². The summed E-state index contributed by atoms with van der Waals surface area (Å²) in [6.07, 6.45) is 0.0925. The average Bonchev–Trinajstić information content (AvgIpc) is 2.81. The Kier molecular flexibility index (Phi) is 6.44. The van der Waals surface area contributed by atoms with Gasteiger partial charge in [-0.25, -0.2) is 17.2 Å². The Balaban J connectivity index is 1.70. The van der Waals surface area contributed by atoms with E-state index in [1.165, 1.54) is 12.1 Å². The van der Waals surface area contributed by atoms with Crippen LogP contribution in [0, 0.1) is 11.6 Å². The molecule has 3 aromatic rings. The number of nitrogens with one attached hydrogen (secondary N) is 1. The summed E-state index contributed by atoms with van der Waals surface area (Å²) in [7, 11) is -4.09. The molecule has 0 unspecified atom stereocenters. The van der Waals surface area contributed by atoms with E-state index < -0.39 is 33.6 Å². The molecule has 6 nitrogen and oxygen atoms in total. The number of hydrogen-bond acceptors (Lipinski definition) is 4. The van der Waals surface area contributed by atoms with Crippen LogP contribution in [0.3, 0.4) is 0 Å². The van der Waals surface area contributed by atoms with Crippen LogP contribution >= 0.6 is 0 Å². The lowest BCUT2D eigenvalue weighted by atomic mass is 9.95. The Hall–Kier alpha value is -3.30. The molecule has 33 heavy (non-hydrogen) atoms. The van der Waals surface area contributed by atoms with Gasteiger partial charge in [-0.1, -0.05) is 24.3 Å². The second-order valence-electron chi connectivity index (χ2n) is 7.56. The minimum atomic E-state index is -4.09. The topological polar surface area (TPSA) is 75.7 Å². The van der Waals surface area contributed by atoms with Crippen molar-refractivity contribution in [3.05, 3.63) is 89.5 Å². The molecule has 3 aromatic carbocycles. The van der Waals surface area contributed by atoms with E-state index in [4.69, 9.17) is 4.74 Å². The predicted octanol–water partition coefficient (Wildman–Crippen LogP) is 4.12. The summed E-state index contributed by atoms with van der Waals surface area (Å²) in [4.78, 5) is 13.1. The lowest BCUT2D eigenvalue weighted by Gasteiger charge is -2.35. The zero-order valence-corrected chi connectivity index (χ0v) is 18.6. The van der Waals surface area contributed by atoms with Crippen LogP contribution < -0.4 is 10.1 Å². The van der Waals surface area contributed by atoms with Crippen molar-refractivity contribution < 1.29 is 26.7 Å². The Bertz CT molecular complexity index is 1280. The van der Waals surface area contributed by atoms with Crippen molar-refractivity contribution in [3.8, 4) is 5.75 Å². The SMILES string of the molecule is CCOc1ccc(S(=O)(=O)N2Cc3ccccc3C[C@H]2C(=O)Nc2cc(F)ccc2F)cc1. The summed E-state index contributed by atoms with van der Waals surface area (Å²) in [6.45, 7) is 2.23. The van der Waals surface area contributed by atoms with Gasteiger partial charge >= 0.3 is 0 Å². The molecule has 1 heterocycles. The molecular formula is C24H22F2N2O4S. The molecule has 0 spiro atoms. The van der Waals surface area contributed by atoms with Crippen molar-refractivity contribution in [2.75, 3.05) is 11.9 Å². The molecule has 4 rings (SSSR count). The highest BCUT2D eigenvalue weighted by Gasteiger charge is 2.39. The van der Waals surface area contributed by atoms with Crippen LogP contribution in [0.5, 0.6) is 5.75 Å². The molecule has 1 N–H and O–H groups in total. The number of nitrogens with zero attached hydrogens (tertiary/aromatic N) is 1. The Morgan fingerprint density at radius 2 is 1.76 bits per heavy atom. The molecule has 0 radical (unpaired) electrons. The van der Waals surface area contributed by atoms with Crippen molar-refractivity contribution >= 4 is 21.6 Å². The number of fused-ring (bicyclic) bond motifs is 1. The summed E-state index contributed by atoms with van der Waals surface area (Å²) in [5.41, 5.74) is 1.24. The van der Waals surface area contributed by atoms with E-state index in [0.29, 0.717) is 12.4 Å².